The number of thioether (sulfide) groups is 1. The molecule has 0 aromatic heterocycles. The van der Waals surface area contributed by atoms with Crippen LogP contribution in [0, 0.1) is 6.92 Å². The molecular weight excluding hydrogens is 412 g/mol. The Bertz CT molecular complexity index is 951. The van der Waals surface area contributed by atoms with Crippen molar-refractivity contribution in [2.45, 2.75) is 72.4 Å². The molecule has 2 amide bonds. The van der Waals surface area contributed by atoms with Gasteiger partial charge in [-0.25, -0.2) is 0 Å². The maximum absolute atomic E-state index is 12.8. The summed E-state index contributed by atoms with van der Waals surface area (Å²) in [4.78, 5) is 40.6. The minimum atomic E-state index is -0.582. The molecule has 1 aromatic rings. The van der Waals surface area contributed by atoms with Gasteiger partial charge in [0.2, 0.25) is 0 Å². The standard InChI is InChI=1S/C24H32N2O4S/c1-8-30-21(27)13-25-22(28)20(31-23(25)29)11-17-10-18-16(5)12-24(6,7)26(14(2)3)19(18)9-15(17)4/h9-11,14,16H,8,12-13H2,1-7H3/b20-11+. The number of anilines is 1. The second-order valence-corrected chi connectivity index (χ2v) is 10.2. The van der Waals surface area contributed by atoms with Crippen molar-refractivity contribution >= 4 is 40.6 Å². The van der Waals surface area contributed by atoms with E-state index in [0.29, 0.717) is 16.9 Å². The van der Waals surface area contributed by atoms with Crippen LogP contribution in [0.5, 0.6) is 0 Å². The highest BCUT2D eigenvalue weighted by Gasteiger charge is 2.39. The van der Waals surface area contributed by atoms with E-state index >= 15 is 0 Å². The molecule has 1 fully saturated rings. The van der Waals surface area contributed by atoms with Crippen molar-refractivity contribution in [3.05, 3.63) is 33.7 Å². The molecule has 168 valence electrons. The van der Waals surface area contributed by atoms with E-state index in [1.54, 1.807) is 13.0 Å². The van der Waals surface area contributed by atoms with Gasteiger partial charge in [0.15, 0.2) is 0 Å². The Hall–Kier alpha value is -2.28. The van der Waals surface area contributed by atoms with Gasteiger partial charge in [0.1, 0.15) is 6.54 Å². The summed E-state index contributed by atoms with van der Waals surface area (Å²) in [6.45, 7) is 14.8. The summed E-state index contributed by atoms with van der Waals surface area (Å²) >= 11 is 0.869. The van der Waals surface area contributed by atoms with E-state index in [0.717, 1.165) is 34.2 Å². The van der Waals surface area contributed by atoms with E-state index in [1.165, 1.54) is 11.3 Å². The number of carbonyl (C=O) groups excluding carboxylic acids is 3. The van der Waals surface area contributed by atoms with Crippen LogP contribution in [0.3, 0.4) is 0 Å². The van der Waals surface area contributed by atoms with Crippen molar-refractivity contribution in [1.82, 2.24) is 4.90 Å². The van der Waals surface area contributed by atoms with Crippen LogP contribution in [0.15, 0.2) is 17.0 Å². The first kappa shape index (κ1) is 23.4. The zero-order chi connectivity index (χ0) is 23.1. The van der Waals surface area contributed by atoms with E-state index in [9.17, 15) is 14.4 Å². The zero-order valence-corrected chi connectivity index (χ0v) is 20.3. The van der Waals surface area contributed by atoms with Gasteiger partial charge in [0.05, 0.1) is 11.5 Å². The highest BCUT2D eigenvalue weighted by atomic mass is 32.2. The molecule has 0 radical (unpaired) electrons. The Labute approximate surface area is 189 Å². The van der Waals surface area contributed by atoms with Gasteiger partial charge in [0.25, 0.3) is 11.1 Å². The molecule has 1 unspecified atom stereocenters. The van der Waals surface area contributed by atoms with E-state index in [1.807, 2.05) is 6.92 Å². The van der Waals surface area contributed by atoms with Crippen LogP contribution in [0.4, 0.5) is 10.5 Å². The lowest BCUT2D eigenvalue weighted by molar-refractivity contribution is -0.145. The third kappa shape index (κ3) is 4.52. The third-order valence-corrected chi connectivity index (χ3v) is 6.84. The van der Waals surface area contributed by atoms with Crippen molar-refractivity contribution in [1.29, 1.82) is 0 Å². The molecule has 0 aliphatic carbocycles. The molecule has 1 aromatic carbocycles. The Balaban J connectivity index is 1.96. The van der Waals surface area contributed by atoms with Gasteiger partial charge in [-0.1, -0.05) is 6.92 Å². The molecular formula is C24H32N2O4S. The fraction of sp³-hybridized carbons (Fsp3) is 0.542. The zero-order valence-electron chi connectivity index (χ0n) is 19.4. The van der Waals surface area contributed by atoms with Crippen LogP contribution in [-0.4, -0.2) is 46.7 Å². The van der Waals surface area contributed by atoms with E-state index < -0.39 is 17.1 Å². The molecule has 0 spiro atoms. The number of esters is 1. The van der Waals surface area contributed by atoms with Crippen molar-refractivity contribution in [3.8, 4) is 0 Å². The largest absolute Gasteiger partial charge is 0.465 e. The summed E-state index contributed by atoms with van der Waals surface area (Å²) in [6.07, 6.45) is 2.81. The van der Waals surface area contributed by atoms with Crippen molar-refractivity contribution in [3.63, 3.8) is 0 Å². The lowest BCUT2D eigenvalue weighted by Crippen LogP contribution is -2.51. The topological polar surface area (TPSA) is 66.9 Å². The summed E-state index contributed by atoms with van der Waals surface area (Å²) in [6, 6.07) is 4.71. The smallest absolute Gasteiger partial charge is 0.326 e. The molecule has 2 aliphatic rings. The van der Waals surface area contributed by atoms with Crippen molar-refractivity contribution in [2.75, 3.05) is 18.1 Å². The molecule has 2 heterocycles. The Morgan fingerprint density at radius 2 is 2.00 bits per heavy atom. The number of hydrogen-bond acceptors (Lipinski definition) is 6. The first-order valence-corrected chi connectivity index (χ1v) is 11.6. The number of ether oxygens (including phenoxy) is 1. The maximum Gasteiger partial charge on any atom is 0.326 e. The van der Waals surface area contributed by atoms with Gasteiger partial charge >= 0.3 is 5.97 Å². The van der Waals surface area contributed by atoms with Crippen molar-refractivity contribution < 1.29 is 19.1 Å². The van der Waals surface area contributed by atoms with Crippen LogP contribution >= 0.6 is 11.8 Å². The van der Waals surface area contributed by atoms with Gasteiger partial charge in [0, 0.05) is 17.3 Å². The minimum absolute atomic E-state index is 0.0598. The lowest BCUT2D eigenvalue weighted by Gasteiger charge is -2.50. The average Bonchev–Trinajstić information content (AvgIpc) is 2.89. The molecule has 0 saturated carbocycles. The van der Waals surface area contributed by atoms with Crippen LogP contribution in [0.2, 0.25) is 0 Å². The van der Waals surface area contributed by atoms with Crippen molar-refractivity contribution in [2.24, 2.45) is 0 Å². The predicted octanol–water partition coefficient (Wildman–Crippen LogP) is 5.10. The summed E-state index contributed by atoms with van der Waals surface area (Å²) in [7, 11) is 0. The fourth-order valence-electron chi connectivity index (χ4n) is 4.86. The Kier molecular flexibility index (Phi) is 6.56. The van der Waals surface area contributed by atoms with Crippen LogP contribution in [0.25, 0.3) is 6.08 Å². The SMILES string of the molecule is CCOC(=O)CN1C(=O)S/C(=C/c2cc3c(cc2C)N(C(C)C)C(C)(C)CC3C)C1=O. The van der Waals surface area contributed by atoms with Crippen LogP contribution in [0.1, 0.15) is 70.6 Å². The summed E-state index contributed by atoms with van der Waals surface area (Å²) < 4.78 is 4.87. The second kappa shape index (κ2) is 8.69. The fourth-order valence-corrected chi connectivity index (χ4v) is 5.69. The predicted molar refractivity (Wildman–Crippen MR) is 125 cm³/mol. The molecule has 3 rings (SSSR count). The molecule has 6 nitrogen and oxygen atoms in total. The quantitative estimate of drug-likeness (QED) is 0.465. The molecule has 2 aliphatic heterocycles. The van der Waals surface area contributed by atoms with Gasteiger partial charge < -0.3 is 9.64 Å². The number of benzene rings is 1. The number of rotatable bonds is 5. The number of hydrogen-bond donors (Lipinski definition) is 0. The third-order valence-electron chi connectivity index (χ3n) is 5.93. The normalized spacial score (nSPS) is 21.8. The molecule has 1 atom stereocenters. The molecule has 1 saturated heterocycles. The highest BCUT2D eigenvalue weighted by molar-refractivity contribution is 8.18. The Morgan fingerprint density at radius 3 is 2.61 bits per heavy atom. The summed E-state index contributed by atoms with van der Waals surface area (Å²) in [5, 5.41) is -0.444. The number of fused-ring (bicyclic) bond motifs is 1. The molecule has 0 bridgehead atoms. The van der Waals surface area contributed by atoms with Crippen LogP contribution < -0.4 is 4.90 Å². The molecule has 7 heteroatoms. The van der Waals surface area contributed by atoms with Gasteiger partial charge in [-0.3, -0.25) is 19.3 Å². The lowest BCUT2D eigenvalue weighted by atomic mass is 9.78. The number of aryl methyl sites for hydroxylation is 1. The van der Waals surface area contributed by atoms with Gasteiger partial charge in [-0.15, -0.1) is 0 Å². The van der Waals surface area contributed by atoms with E-state index in [-0.39, 0.29) is 18.7 Å². The minimum Gasteiger partial charge on any atom is -0.465 e. The number of amides is 2. The molecule has 0 N–H and O–H groups in total. The summed E-state index contributed by atoms with van der Waals surface area (Å²) in [5.41, 5.74) is 4.53. The van der Waals surface area contributed by atoms with Gasteiger partial charge in [-0.2, -0.15) is 0 Å². The highest BCUT2D eigenvalue weighted by Crippen LogP contribution is 2.46. The summed E-state index contributed by atoms with van der Waals surface area (Å²) in [5.74, 6) is -0.647. The Morgan fingerprint density at radius 1 is 1.32 bits per heavy atom. The van der Waals surface area contributed by atoms with E-state index in [2.05, 4.69) is 51.7 Å². The maximum atomic E-state index is 12.8. The van der Waals surface area contributed by atoms with Crippen LogP contribution in [-0.2, 0) is 14.3 Å². The second-order valence-electron chi connectivity index (χ2n) is 9.22. The average molecular weight is 445 g/mol. The number of nitrogens with zero attached hydrogens (tertiary/aromatic N) is 2. The first-order valence-electron chi connectivity index (χ1n) is 10.8. The van der Waals surface area contributed by atoms with Gasteiger partial charge in [-0.05, 0) is 101 Å². The van der Waals surface area contributed by atoms with E-state index in [4.69, 9.17) is 4.74 Å². The number of carbonyl (C=O) groups is 3. The molecule has 31 heavy (non-hydrogen) atoms. The number of imide groups is 1. The first-order chi connectivity index (χ1) is 14.5. The monoisotopic (exact) mass is 444 g/mol.